The minimum Gasteiger partial charge on any atom is -0.378 e. The predicted molar refractivity (Wildman–Crippen MR) is 44.6 cm³/mol. The van der Waals surface area contributed by atoms with Gasteiger partial charge in [-0.05, 0) is 19.3 Å². The molecule has 0 aromatic rings. The van der Waals surface area contributed by atoms with Gasteiger partial charge >= 0.3 is 0 Å². The fourth-order valence-electron chi connectivity index (χ4n) is 2.39. The number of morpholine rings is 1. The van der Waals surface area contributed by atoms with Gasteiger partial charge in [0.2, 0.25) is 0 Å². The Morgan fingerprint density at radius 1 is 1.45 bits per heavy atom. The molecule has 2 aliphatic heterocycles. The number of hydrogen-bond donors (Lipinski definition) is 0. The molecule has 0 amide bonds. The first-order valence-electron chi connectivity index (χ1n) is 4.75. The molecule has 2 heterocycles. The molecule has 0 aliphatic carbocycles. The molecule has 2 aliphatic rings. The number of fused-ring (bicyclic) bond motifs is 1. The van der Waals surface area contributed by atoms with Crippen molar-refractivity contribution < 1.29 is 4.74 Å². The maximum atomic E-state index is 5.43. The Bertz CT molecular complexity index is 132. The molecule has 64 valence electrons. The summed E-state index contributed by atoms with van der Waals surface area (Å²) in [5, 5.41) is 0. The van der Waals surface area contributed by atoms with E-state index >= 15 is 0 Å². The lowest BCUT2D eigenvalue weighted by atomic mass is 10.1. The van der Waals surface area contributed by atoms with Crippen LogP contribution < -0.4 is 0 Å². The van der Waals surface area contributed by atoms with Crippen LogP contribution in [0.1, 0.15) is 26.2 Å². The molecule has 2 unspecified atom stereocenters. The summed E-state index contributed by atoms with van der Waals surface area (Å²) in [6.45, 7) is 5.40. The molecular weight excluding hydrogens is 138 g/mol. The Morgan fingerprint density at radius 2 is 2.36 bits per heavy atom. The van der Waals surface area contributed by atoms with E-state index in [0.717, 1.165) is 25.3 Å². The van der Waals surface area contributed by atoms with Crippen molar-refractivity contribution in [1.82, 2.24) is 4.90 Å². The first-order chi connectivity index (χ1) is 5.42. The van der Waals surface area contributed by atoms with Crippen LogP contribution in [-0.2, 0) is 4.74 Å². The Morgan fingerprint density at radius 3 is 3.18 bits per heavy atom. The maximum absolute atomic E-state index is 5.43. The predicted octanol–water partition coefficient (Wildman–Crippen LogP) is 1.26. The van der Waals surface area contributed by atoms with E-state index in [9.17, 15) is 0 Å². The SMILES string of the molecule is CCC1CCC2COCCN12. The van der Waals surface area contributed by atoms with E-state index in [1.807, 2.05) is 0 Å². The Labute approximate surface area is 68.5 Å². The molecule has 2 saturated heterocycles. The van der Waals surface area contributed by atoms with Crippen molar-refractivity contribution in [2.45, 2.75) is 38.3 Å². The quantitative estimate of drug-likeness (QED) is 0.565. The molecular formula is C9H17NO. The standard InChI is InChI=1S/C9H17NO/c1-2-8-3-4-9-7-11-6-5-10(8)9/h8-9H,2-7H2,1H3. The van der Waals surface area contributed by atoms with E-state index in [-0.39, 0.29) is 0 Å². The van der Waals surface area contributed by atoms with Gasteiger partial charge in [-0.15, -0.1) is 0 Å². The number of hydrogen-bond acceptors (Lipinski definition) is 2. The minimum atomic E-state index is 0.758. The molecule has 2 fully saturated rings. The highest BCUT2D eigenvalue weighted by Crippen LogP contribution is 2.27. The zero-order valence-electron chi connectivity index (χ0n) is 7.25. The van der Waals surface area contributed by atoms with E-state index in [2.05, 4.69) is 11.8 Å². The van der Waals surface area contributed by atoms with E-state index in [1.165, 1.54) is 25.8 Å². The van der Waals surface area contributed by atoms with Crippen molar-refractivity contribution in [2.75, 3.05) is 19.8 Å². The van der Waals surface area contributed by atoms with Crippen LogP contribution in [0.3, 0.4) is 0 Å². The fraction of sp³-hybridized carbons (Fsp3) is 1.00. The van der Waals surface area contributed by atoms with Crippen molar-refractivity contribution in [3.8, 4) is 0 Å². The number of rotatable bonds is 1. The third-order valence-corrected chi connectivity index (χ3v) is 3.05. The van der Waals surface area contributed by atoms with Gasteiger partial charge in [0.25, 0.3) is 0 Å². The summed E-state index contributed by atoms with van der Waals surface area (Å²) >= 11 is 0. The largest absolute Gasteiger partial charge is 0.378 e. The molecule has 0 spiro atoms. The molecule has 0 aromatic carbocycles. The van der Waals surface area contributed by atoms with Crippen molar-refractivity contribution >= 4 is 0 Å². The first-order valence-corrected chi connectivity index (χ1v) is 4.75. The highest BCUT2D eigenvalue weighted by Gasteiger charge is 2.33. The Balaban J connectivity index is 1.98. The lowest BCUT2D eigenvalue weighted by Crippen LogP contribution is -2.44. The van der Waals surface area contributed by atoms with Gasteiger partial charge in [-0.3, -0.25) is 4.90 Å². The van der Waals surface area contributed by atoms with Crippen LogP contribution in [0.4, 0.5) is 0 Å². The minimum absolute atomic E-state index is 0.758. The van der Waals surface area contributed by atoms with Gasteiger partial charge < -0.3 is 4.74 Å². The van der Waals surface area contributed by atoms with Crippen LogP contribution in [-0.4, -0.2) is 36.7 Å². The van der Waals surface area contributed by atoms with E-state index in [4.69, 9.17) is 4.74 Å². The summed E-state index contributed by atoms with van der Waals surface area (Å²) in [7, 11) is 0. The van der Waals surface area contributed by atoms with Crippen LogP contribution in [0.25, 0.3) is 0 Å². The molecule has 2 rings (SSSR count). The van der Waals surface area contributed by atoms with Crippen LogP contribution in [0.2, 0.25) is 0 Å². The first kappa shape index (κ1) is 7.56. The van der Waals surface area contributed by atoms with Crippen molar-refractivity contribution in [3.05, 3.63) is 0 Å². The molecule has 2 atom stereocenters. The smallest absolute Gasteiger partial charge is 0.0622 e. The second-order valence-electron chi connectivity index (χ2n) is 3.61. The number of ether oxygens (including phenoxy) is 1. The zero-order chi connectivity index (χ0) is 7.68. The van der Waals surface area contributed by atoms with Gasteiger partial charge in [-0.1, -0.05) is 6.92 Å². The van der Waals surface area contributed by atoms with Crippen LogP contribution in [0.5, 0.6) is 0 Å². The summed E-state index contributed by atoms with van der Waals surface area (Å²) in [4.78, 5) is 2.64. The fourth-order valence-corrected chi connectivity index (χ4v) is 2.39. The van der Waals surface area contributed by atoms with Gasteiger partial charge in [-0.2, -0.15) is 0 Å². The van der Waals surface area contributed by atoms with E-state index in [0.29, 0.717) is 0 Å². The van der Waals surface area contributed by atoms with Gasteiger partial charge in [0.05, 0.1) is 13.2 Å². The average molecular weight is 155 g/mol. The van der Waals surface area contributed by atoms with Crippen LogP contribution in [0.15, 0.2) is 0 Å². The molecule has 0 N–H and O–H groups in total. The zero-order valence-corrected chi connectivity index (χ0v) is 7.25. The summed E-state index contributed by atoms with van der Waals surface area (Å²) in [6.07, 6.45) is 4.07. The van der Waals surface area contributed by atoms with E-state index < -0.39 is 0 Å². The molecule has 0 radical (unpaired) electrons. The van der Waals surface area contributed by atoms with Gasteiger partial charge in [0, 0.05) is 18.6 Å². The normalized spacial score (nSPS) is 39.0. The monoisotopic (exact) mass is 155 g/mol. The van der Waals surface area contributed by atoms with Crippen molar-refractivity contribution in [1.29, 1.82) is 0 Å². The summed E-state index contributed by atoms with van der Waals surface area (Å²) < 4.78 is 5.43. The third kappa shape index (κ3) is 1.30. The molecule has 11 heavy (non-hydrogen) atoms. The summed E-state index contributed by atoms with van der Waals surface area (Å²) in [5.41, 5.74) is 0. The summed E-state index contributed by atoms with van der Waals surface area (Å²) in [6, 6.07) is 1.62. The number of nitrogens with zero attached hydrogens (tertiary/aromatic N) is 1. The molecule has 0 saturated carbocycles. The lowest BCUT2D eigenvalue weighted by Gasteiger charge is -2.33. The van der Waals surface area contributed by atoms with Gasteiger partial charge in [-0.25, -0.2) is 0 Å². The Hall–Kier alpha value is -0.0800. The molecule has 2 heteroatoms. The van der Waals surface area contributed by atoms with Gasteiger partial charge in [0.15, 0.2) is 0 Å². The van der Waals surface area contributed by atoms with Crippen molar-refractivity contribution in [3.63, 3.8) is 0 Å². The highest BCUT2D eigenvalue weighted by molar-refractivity contribution is 4.88. The van der Waals surface area contributed by atoms with Crippen LogP contribution in [0, 0.1) is 0 Å². The second kappa shape index (κ2) is 3.11. The highest BCUT2D eigenvalue weighted by atomic mass is 16.5. The molecule has 0 bridgehead atoms. The molecule has 2 nitrogen and oxygen atoms in total. The summed E-state index contributed by atoms with van der Waals surface area (Å²) in [5.74, 6) is 0. The third-order valence-electron chi connectivity index (χ3n) is 3.05. The molecule has 0 aromatic heterocycles. The lowest BCUT2D eigenvalue weighted by molar-refractivity contribution is -0.00313. The van der Waals surface area contributed by atoms with Crippen molar-refractivity contribution in [2.24, 2.45) is 0 Å². The van der Waals surface area contributed by atoms with E-state index in [1.54, 1.807) is 0 Å². The maximum Gasteiger partial charge on any atom is 0.0622 e. The Kier molecular flexibility index (Phi) is 2.14. The topological polar surface area (TPSA) is 12.5 Å². The van der Waals surface area contributed by atoms with Crippen LogP contribution >= 0.6 is 0 Å². The van der Waals surface area contributed by atoms with Gasteiger partial charge in [0.1, 0.15) is 0 Å². The average Bonchev–Trinajstić information content (AvgIpc) is 2.47. The second-order valence-corrected chi connectivity index (χ2v) is 3.61.